The van der Waals surface area contributed by atoms with Crippen molar-refractivity contribution in [3.8, 4) is 11.3 Å². The molecule has 0 unspecified atom stereocenters. The fourth-order valence-corrected chi connectivity index (χ4v) is 2.77. The zero-order valence-corrected chi connectivity index (χ0v) is 13.9. The van der Waals surface area contributed by atoms with Gasteiger partial charge in [0.05, 0.1) is 26.9 Å². The Morgan fingerprint density at radius 2 is 1.42 bits per heavy atom. The highest BCUT2D eigenvalue weighted by Crippen LogP contribution is 2.47. The van der Waals surface area contributed by atoms with Crippen LogP contribution in [-0.4, -0.2) is 9.97 Å². The molecule has 0 aliphatic rings. The minimum absolute atomic E-state index is 0.435. The van der Waals surface area contributed by atoms with E-state index in [1.165, 1.54) is 0 Å². The minimum atomic E-state index is -5.06. The zero-order chi connectivity index (χ0) is 18.4. The molecule has 0 aromatic carbocycles. The smallest absolute Gasteiger partial charge is 0.244 e. The van der Waals surface area contributed by atoms with Gasteiger partial charge in [-0.15, -0.1) is 0 Å². The topological polar surface area (TPSA) is 25.8 Å². The van der Waals surface area contributed by atoms with Crippen molar-refractivity contribution in [2.24, 2.45) is 0 Å². The van der Waals surface area contributed by atoms with Crippen LogP contribution in [0.25, 0.3) is 11.3 Å². The van der Waals surface area contributed by atoms with Crippen LogP contribution in [0.5, 0.6) is 0 Å². The molecule has 2 heterocycles. The predicted molar refractivity (Wildman–Crippen MR) is 77.5 cm³/mol. The minimum Gasteiger partial charge on any atom is -0.244 e. The Morgan fingerprint density at radius 1 is 0.833 bits per heavy atom. The fraction of sp³-hybridized carbons (Fsp3) is 0.167. The lowest BCUT2D eigenvalue weighted by molar-refractivity contribution is -0.137. The highest BCUT2D eigenvalue weighted by atomic mass is 35.5. The number of aromatic nitrogens is 2. The first-order valence-corrected chi connectivity index (χ1v) is 7.20. The molecule has 0 atom stereocenters. The maximum atomic E-state index is 13.1. The van der Waals surface area contributed by atoms with Gasteiger partial charge in [-0.2, -0.15) is 26.3 Å². The van der Waals surface area contributed by atoms with Crippen molar-refractivity contribution in [1.29, 1.82) is 0 Å². The summed E-state index contributed by atoms with van der Waals surface area (Å²) in [4.78, 5) is 6.86. The third-order valence-electron chi connectivity index (χ3n) is 2.75. The van der Waals surface area contributed by atoms with Crippen LogP contribution in [0.3, 0.4) is 0 Å². The first-order chi connectivity index (χ1) is 10.8. The van der Waals surface area contributed by atoms with Crippen LogP contribution in [0.4, 0.5) is 26.3 Å². The molecule has 0 aliphatic carbocycles. The molecule has 2 nitrogen and oxygen atoms in total. The second-order valence-electron chi connectivity index (χ2n) is 4.30. The lowest BCUT2D eigenvalue weighted by atomic mass is 10.0. The largest absolute Gasteiger partial charge is 0.419 e. The third kappa shape index (κ3) is 3.66. The van der Waals surface area contributed by atoms with Crippen molar-refractivity contribution in [3.05, 3.63) is 43.7 Å². The maximum absolute atomic E-state index is 13.1. The van der Waals surface area contributed by atoms with Gasteiger partial charge in [-0.25, -0.2) is 9.97 Å². The van der Waals surface area contributed by atoms with E-state index >= 15 is 0 Å². The van der Waals surface area contributed by atoms with Crippen LogP contribution >= 0.6 is 46.4 Å². The molecule has 130 valence electrons. The molecule has 0 N–H and O–H groups in total. The summed E-state index contributed by atoms with van der Waals surface area (Å²) in [6, 6.07) is 0.435. The maximum Gasteiger partial charge on any atom is 0.419 e. The Kier molecular flexibility index (Phi) is 5.17. The van der Waals surface area contributed by atoms with E-state index in [1.807, 2.05) is 0 Å². The fourth-order valence-electron chi connectivity index (χ4n) is 1.79. The van der Waals surface area contributed by atoms with Gasteiger partial charge >= 0.3 is 12.4 Å². The van der Waals surface area contributed by atoms with Gasteiger partial charge in [-0.1, -0.05) is 46.4 Å². The van der Waals surface area contributed by atoms with Crippen LogP contribution in [0.15, 0.2) is 12.3 Å². The van der Waals surface area contributed by atoms with Crippen LogP contribution in [-0.2, 0) is 12.4 Å². The Balaban J connectivity index is 2.88. The molecule has 2 rings (SSSR count). The molecule has 2 aromatic heterocycles. The van der Waals surface area contributed by atoms with Crippen LogP contribution in [0.1, 0.15) is 11.1 Å². The quantitative estimate of drug-likeness (QED) is 0.368. The average molecular weight is 430 g/mol. The zero-order valence-electron chi connectivity index (χ0n) is 10.8. The van der Waals surface area contributed by atoms with Crippen molar-refractivity contribution < 1.29 is 26.3 Å². The van der Waals surface area contributed by atoms with E-state index in [1.54, 1.807) is 0 Å². The summed E-state index contributed by atoms with van der Waals surface area (Å²) in [7, 11) is 0. The van der Waals surface area contributed by atoms with Crippen molar-refractivity contribution in [2.45, 2.75) is 12.4 Å². The highest BCUT2D eigenvalue weighted by Gasteiger charge is 2.41. The van der Waals surface area contributed by atoms with Gasteiger partial charge in [0.25, 0.3) is 0 Å². The molecule has 0 amide bonds. The normalized spacial score (nSPS) is 12.6. The van der Waals surface area contributed by atoms with E-state index in [9.17, 15) is 26.3 Å². The lowest BCUT2D eigenvalue weighted by Crippen LogP contribution is -2.12. The number of rotatable bonds is 1. The number of halogens is 10. The lowest BCUT2D eigenvalue weighted by Gasteiger charge is -2.17. The first kappa shape index (κ1) is 19.4. The summed E-state index contributed by atoms with van der Waals surface area (Å²) in [5, 5.41) is -3.52. The van der Waals surface area contributed by atoms with Crippen LogP contribution in [0, 0.1) is 0 Å². The molecule has 0 saturated carbocycles. The molecule has 24 heavy (non-hydrogen) atoms. The molecule has 0 radical (unpaired) electrons. The summed E-state index contributed by atoms with van der Waals surface area (Å²) in [6.45, 7) is 0. The standard InChI is InChI=1S/C12H2Cl4F6N2/c13-5-1-4(11(17,18)19)3(2-23-5)9-7(14)6(12(20,21)22)8(15)10(16)24-9/h1-2H. The molecular weight excluding hydrogens is 428 g/mol. The number of hydrogen-bond donors (Lipinski definition) is 0. The van der Waals surface area contributed by atoms with E-state index in [0.717, 1.165) is 0 Å². The highest BCUT2D eigenvalue weighted by molar-refractivity contribution is 6.44. The molecule has 0 bridgehead atoms. The van der Waals surface area contributed by atoms with E-state index in [0.29, 0.717) is 12.3 Å². The number of pyridine rings is 2. The summed E-state index contributed by atoms with van der Waals surface area (Å²) in [6.07, 6.45) is -9.41. The molecule has 0 aliphatic heterocycles. The monoisotopic (exact) mass is 428 g/mol. The third-order valence-corrected chi connectivity index (χ3v) is 4.07. The summed E-state index contributed by atoms with van der Waals surface area (Å²) in [5.74, 6) is 0. The van der Waals surface area contributed by atoms with E-state index in [-0.39, 0.29) is 0 Å². The summed E-state index contributed by atoms with van der Waals surface area (Å²) >= 11 is 22.0. The Bertz CT molecular complexity index is 804. The number of hydrogen-bond acceptors (Lipinski definition) is 2. The predicted octanol–water partition coefficient (Wildman–Crippen LogP) is 6.79. The second-order valence-corrected chi connectivity index (χ2v) is 5.80. The van der Waals surface area contributed by atoms with Crippen LogP contribution < -0.4 is 0 Å². The van der Waals surface area contributed by atoms with Gasteiger partial charge in [0.1, 0.15) is 10.3 Å². The van der Waals surface area contributed by atoms with Crippen molar-refractivity contribution in [2.75, 3.05) is 0 Å². The van der Waals surface area contributed by atoms with Gasteiger partial charge in [0, 0.05) is 11.8 Å². The Morgan fingerprint density at radius 3 is 1.92 bits per heavy atom. The number of alkyl halides is 6. The Hall–Kier alpha value is -0.960. The number of nitrogens with zero attached hydrogens (tertiary/aromatic N) is 2. The summed E-state index contributed by atoms with van der Waals surface area (Å²) in [5.41, 5.74) is -4.65. The van der Waals surface area contributed by atoms with Gasteiger partial charge in [0.2, 0.25) is 0 Å². The first-order valence-electron chi connectivity index (χ1n) is 5.68. The molecule has 0 spiro atoms. The Labute approximate surface area is 150 Å². The van der Waals surface area contributed by atoms with Gasteiger partial charge < -0.3 is 0 Å². The van der Waals surface area contributed by atoms with E-state index < -0.39 is 55.1 Å². The van der Waals surface area contributed by atoms with Gasteiger partial charge in [-0.3, -0.25) is 0 Å². The SMILES string of the molecule is FC(F)(F)c1cc(Cl)ncc1-c1nc(Cl)c(Cl)c(C(F)(F)F)c1Cl. The molecular formula is C12H2Cl4F6N2. The van der Waals surface area contributed by atoms with E-state index in [4.69, 9.17) is 46.4 Å². The van der Waals surface area contributed by atoms with Crippen LogP contribution in [0.2, 0.25) is 20.4 Å². The van der Waals surface area contributed by atoms with Gasteiger partial charge in [-0.05, 0) is 6.07 Å². The molecule has 0 saturated heterocycles. The molecule has 2 aromatic rings. The van der Waals surface area contributed by atoms with Crippen molar-refractivity contribution >= 4 is 46.4 Å². The van der Waals surface area contributed by atoms with Gasteiger partial charge in [0.15, 0.2) is 0 Å². The molecule has 0 fully saturated rings. The van der Waals surface area contributed by atoms with Crippen molar-refractivity contribution in [3.63, 3.8) is 0 Å². The second kappa shape index (κ2) is 6.40. The molecule has 12 heteroatoms. The van der Waals surface area contributed by atoms with Crippen molar-refractivity contribution in [1.82, 2.24) is 9.97 Å². The average Bonchev–Trinajstić information content (AvgIpc) is 2.41. The van der Waals surface area contributed by atoms with E-state index in [2.05, 4.69) is 9.97 Å². The summed E-state index contributed by atoms with van der Waals surface area (Å²) < 4.78 is 78.6.